The van der Waals surface area contributed by atoms with Crippen LogP contribution in [-0.4, -0.2) is 98.4 Å². The molecule has 10 nitrogen and oxygen atoms in total. The number of hydrogen-bond donors (Lipinski definition) is 0. The van der Waals surface area contributed by atoms with Crippen molar-refractivity contribution in [1.29, 1.82) is 0 Å². The maximum absolute atomic E-state index is 14.5. The van der Waals surface area contributed by atoms with Crippen molar-refractivity contribution in [3.05, 3.63) is 71.8 Å². The number of nitrogens with zero attached hydrogens (tertiary/aromatic N) is 2. The van der Waals surface area contributed by atoms with Gasteiger partial charge in [-0.25, -0.2) is 0 Å². The molecule has 8 atom stereocenters. The fourth-order valence-electron chi connectivity index (χ4n) is 9.94. The quantitative estimate of drug-likeness (QED) is 0.292. The Labute approximate surface area is 294 Å². The molecule has 4 heterocycles. The van der Waals surface area contributed by atoms with Gasteiger partial charge in [0.15, 0.2) is 0 Å². The van der Waals surface area contributed by atoms with E-state index in [1.54, 1.807) is 0 Å². The van der Waals surface area contributed by atoms with Gasteiger partial charge in [-0.15, -0.1) is 12.4 Å². The van der Waals surface area contributed by atoms with Crippen molar-refractivity contribution in [2.24, 2.45) is 23.7 Å². The van der Waals surface area contributed by atoms with E-state index in [0.29, 0.717) is 12.8 Å². The van der Waals surface area contributed by atoms with E-state index in [1.807, 2.05) is 74.8 Å². The zero-order chi connectivity index (χ0) is 33.7. The fraction of sp³-hybridized carbons (Fsp3) is 0.579. The highest BCUT2D eigenvalue weighted by atomic mass is 35.5. The number of carbonyl (C=O) groups is 4. The number of rotatable bonds is 8. The topological polar surface area (TPSA) is 112 Å². The Morgan fingerprint density at radius 2 is 0.918 bits per heavy atom. The lowest BCUT2D eigenvalue weighted by Gasteiger charge is -2.51. The highest BCUT2D eigenvalue weighted by Gasteiger charge is 2.62. The van der Waals surface area contributed by atoms with E-state index in [2.05, 4.69) is 9.80 Å². The first kappa shape index (κ1) is 35.4. The SMILES string of the molecule is COC(=O)[C@H]1[C@@H](OC(=O)C2C(c3ccccc3)C(C(=O)O[C@H]3C[C@@H]4CC[C@H]([C@H]3C(=O)OC)N4C)C2c2ccccc2)C[C@@H]2CC[C@H]1N2C.Cl. The molecule has 11 heteroatoms. The van der Waals surface area contributed by atoms with Crippen LogP contribution in [0, 0.1) is 23.7 Å². The first-order chi connectivity index (χ1) is 23.2. The summed E-state index contributed by atoms with van der Waals surface area (Å²) >= 11 is 0. The number of benzene rings is 2. The number of halogens is 1. The van der Waals surface area contributed by atoms with Crippen molar-refractivity contribution in [1.82, 2.24) is 9.80 Å². The highest BCUT2D eigenvalue weighted by Crippen LogP contribution is 2.59. The van der Waals surface area contributed by atoms with E-state index >= 15 is 0 Å². The Kier molecular flexibility index (Phi) is 10.4. The van der Waals surface area contributed by atoms with Crippen LogP contribution >= 0.6 is 12.4 Å². The van der Waals surface area contributed by atoms with Gasteiger partial charge >= 0.3 is 23.9 Å². The van der Waals surface area contributed by atoms with Crippen LogP contribution in [0.3, 0.4) is 0 Å². The van der Waals surface area contributed by atoms with Gasteiger partial charge in [-0.1, -0.05) is 60.7 Å². The van der Waals surface area contributed by atoms with E-state index in [9.17, 15) is 19.2 Å². The molecule has 4 aliphatic heterocycles. The van der Waals surface area contributed by atoms with Gasteiger partial charge in [-0.05, 0) is 50.9 Å². The summed E-state index contributed by atoms with van der Waals surface area (Å²) in [6.45, 7) is 0. The van der Waals surface area contributed by atoms with Gasteiger partial charge in [0.1, 0.15) is 24.0 Å². The molecular weight excluding hydrogens is 648 g/mol. The van der Waals surface area contributed by atoms with Gasteiger partial charge in [0, 0.05) is 48.8 Å². The summed E-state index contributed by atoms with van der Waals surface area (Å²) in [7, 11) is 6.80. The molecule has 5 fully saturated rings. The van der Waals surface area contributed by atoms with E-state index in [4.69, 9.17) is 18.9 Å². The number of methoxy groups -OCH3 is 2. The van der Waals surface area contributed by atoms with Crippen molar-refractivity contribution in [3.63, 3.8) is 0 Å². The largest absolute Gasteiger partial charge is 0.469 e. The second-order valence-electron chi connectivity index (χ2n) is 14.4. The van der Waals surface area contributed by atoms with Gasteiger partial charge in [0.2, 0.25) is 0 Å². The van der Waals surface area contributed by atoms with E-state index < -0.39 is 59.7 Å². The number of esters is 4. The number of hydrogen-bond acceptors (Lipinski definition) is 10. The Bertz CT molecular complexity index is 1400. The van der Waals surface area contributed by atoms with Crippen LogP contribution in [0.4, 0.5) is 0 Å². The average Bonchev–Trinajstić information content (AvgIpc) is 3.45. The monoisotopic (exact) mass is 694 g/mol. The maximum Gasteiger partial charge on any atom is 0.314 e. The Hall–Kier alpha value is -3.47. The molecule has 49 heavy (non-hydrogen) atoms. The van der Waals surface area contributed by atoms with Crippen LogP contribution in [0.1, 0.15) is 61.5 Å². The highest BCUT2D eigenvalue weighted by molar-refractivity contribution is 5.86. The van der Waals surface area contributed by atoms with Crippen molar-refractivity contribution in [2.75, 3.05) is 28.3 Å². The third-order valence-electron chi connectivity index (χ3n) is 12.4. The Morgan fingerprint density at radius 1 is 0.551 bits per heavy atom. The fourth-order valence-corrected chi connectivity index (χ4v) is 9.94. The molecule has 0 spiro atoms. The van der Waals surface area contributed by atoms with E-state index in [1.165, 1.54) is 14.2 Å². The van der Waals surface area contributed by atoms with Crippen molar-refractivity contribution >= 4 is 36.3 Å². The molecule has 0 unspecified atom stereocenters. The zero-order valence-corrected chi connectivity index (χ0v) is 29.3. The molecule has 264 valence electrons. The third kappa shape index (κ3) is 6.14. The summed E-state index contributed by atoms with van der Waals surface area (Å²) in [5.74, 6) is -5.15. The standard InChI is InChI=1S/C38H46N2O8.ClH/c1-39-23-15-17-25(39)31(35(41)45-3)27(19-23)47-37(43)33-29(21-11-7-5-8-12-21)34(30(33)22-13-9-6-10-14-22)38(44)48-28-20-24-16-18-26(40(24)2)32(28)36(42)46-4;/h5-14,23-34H,15-20H2,1-4H3;1H/t23-,24-,25+,26+,27-,28-,29?,30?,31+,32+,33?,34?;/m0./s1. The van der Waals surface area contributed by atoms with Gasteiger partial charge in [0.25, 0.3) is 0 Å². The average molecular weight is 695 g/mol. The molecule has 4 saturated heterocycles. The summed E-state index contributed by atoms with van der Waals surface area (Å²) in [6.07, 6.45) is 3.43. The zero-order valence-electron chi connectivity index (χ0n) is 28.5. The van der Waals surface area contributed by atoms with Crippen molar-refractivity contribution < 1.29 is 38.1 Å². The molecule has 0 amide bonds. The second-order valence-corrected chi connectivity index (χ2v) is 14.4. The van der Waals surface area contributed by atoms with Gasteiger partial charge in [-0.3, -0.25) is 29.0 Å². The van der Waals surface area contributed by atoms with Crippen LogP contribution in [-0.2, 0) is 38.1 Å². The minimum Gasteiger partial charge on any atom is -0.469 e. The van der Waals surface area contributed by atoms with Crippen LogP contribution in [0.15, 0.2) is 60.7 Å². The van der Waals surface area contributed by atoms with Gasteiger partial charge < -0.3 is 18.9 Å². The molecule has 2 aromatic rings. The molecule has 5 aliphatic rings. The Morgan fingerprint density at radius 3 is 1.27 bits per heavy atom. The summed E-state index contributed by atoms with van der Waals surface area (Å²) in [4.78, 5) is 59.6. The van der Waals surface area contributed by atoms with Gasteiger partial charge in [0.05, 0.1) is 26.1 Å². The molecule has 0 N–H and O–H groups in total. The molecule has 0 aromatic heterocycles. The number of carbonyl (C=O) groups excluding carboxylic acids is 4. The minimum atomic E-state index is -0.687. The summed E-state index contributed by atoms with van der Waals surface area (Å²) < 4.78 is 23.2. The lowest BCUT2D eigenvalue weighted by atomic mass is 9.52. The molecule has 4 bridgehead atoms. The maximum atomic E-state index is 14.5. The predicted octanol–water partition coefficient (Wildman–Crippen LogP) is 4.36. The minimum absolute atomic E-state index is 0. The van der Waals surface area contributed by atoms with Crippen molar-refractivity contribution in [3.8, 4) is 0 Å². The van der Waals surface area contributed by atoms with Crippen LogP contribution in [0.25, 0.3) is 0 Å². The molecule has 2 aromatic carbocycles. The van der Waals surface area contributed by atoms with Crippen LogP contribution in [0.2, 0.25) is 0 Å². The van der Waals surface area contributed by atoms with Gasteiger partial charge in [-0.2, -0.15) is 0 Å². The first-order valence-electron chi connectivity index (χ1n) is 17.3. The number of fused-ring (bicyclic) bond motifs is 4. The summed E-state index contributed by atoms with van der Waals surface area (Å²) in [5, 5.41) is 0. The smallest absolute Gasteiger partial charge is 0.314 e. The van der Waals surface area contributed by atoms with Crippen LogP contribution < -0.4 is 0 Å². The Balaban J connectivity index is 0.00000417. The molecular formula is C38H47ClN2O8. The summed E-state index contributed by atoms with van der Waals surface area (Å²) in [6, 6.07) is 19.5. The van der Waals surface area contributed by atoms with Crippen molar-refractivity contribution in [2.45, 2.75) is 86.7 Å². The molecule has 1 aliphatic carbocycles. The lowest BCUT2D eigenvalue weighted by molar-refractivity contribution is -0.184. The van der Waals surface area contributed by atoms with E-state index in [-0.39, 0.29) is 48.5 Å². The molecule has 0 radical (unpaired) electrons. The summed E-state index contributed by atoms with van der Waals surface area (Å²) in [5.41, 5.74) is 1.68. The lowest BCUT2D eigenvalue weighted by Crippen LogP contribution is -2.57. The number of ether oxygens (including phenoxy) is 4. The molecule has 7 rings (SSSR count). The molecule has 1 saturated carbocycles. The first-order valence-corrected chi connectivity index (χ1v) is 17.3. The predicted molar refractivity (Wildman–Crippen MR) is 182 cm³/mol. The second kappa shape index (κ2) is 14.4. The van der Waals surface area contributed by atoms with E-state index in [0.717, 1.165) is 36.8 Å². The normalized spacial score (nSPS) is 36.5. The number of piperidine rings is 2. The third-order valence-corrected chi connectivity index (χ3v) is 12.4. The van der Waals surface area contributed by atoms with Crippen LogP contribution in [0.5, 0.6) is 0 Å².